The largest absolute Gasteiger partial charge is 0.371 e. The summed E-state index contributed by atoms with van der Waals surface area (Å²) in [5, 5.41) is 0. The van der Waals surface area contributed by atoms with Crippen molar-refractivity contribution >= 4 is 21.6 Å². The highest BCUT2D eigenvalue weighted by atomic mass is 79.9. The molecule has 2 heterocycles. The molecule has 1 atom stereocenters. The van der Waals surface area contributed by atoms with E-state index in [1.807, 2.05) is 0 Å². The predicted molar refractivity (Wildman–Crippen MR) is 93.9 cm³/mol. The molecule has 0 radical (unpaired) electrons. The number of halogens is 1. The second kappa shape index (κ2) is 7.15. The smallest absolute Gasteiger partial charge is 0.0423 e. The fraction of sp³-hybridized carbons (Fsp3) is 0.667. The van der Waals surface area contributed by atoms with E-state index in [1.165, 1.54) is 74.0 Å². The molecule has 0 aliphatic carbocycles. The van der Waals surface area contributed by atoms with Gasteiger partial charge in [0.2, 0.25) is 0 Å². The van der Waals surface area contributed by atoms with E-state index in [0.717, 1.165) is 12.5 Å². The first-order valence-corrected chi connectivity index (χ1v) is 9.27. The third-order valence-electron chi connectivity index (χ3n) is 4.88. The summed E-state index contributed by atoms with van der Waals surface area (Å²) in [5.41, 5.74) is 2.97. The van der Waals surface area contributed by atoms with E-state index in [9.17, 15) is 0 Å². The second-order valence-electron chi connectivity index (χ2n) is 6.80. The number of anilines is 1. The molecule has 3 heteroatoms. The molecule has 116 valence electrons. The van der Waals surface area contributed by atoms with Gasteiger partial charge in [-0.25, -0.2) is 0 Å². The molecule has 0 aromatic heterocycles. The quantitative estimate of drug-likeness (QED) is 0.781. The van der Waals surface area contributed by atoms with Crippen molar-refractivity contribution in [3.05, 3.63) is 28.2 Å². The van der Waals surface area contributed by atoms with Crippen molar-refractivity contribution in [3.8, 4) is 0 Å². The lowest BCUT2D eigenvalue weighted by Gasteiger charge is -2.34. The molecular weight excluding hydrogens is 324 g/mol. The number of likely N-dealkylation sites (tertiary alicyclic amines) is 1. The zero-order valence-electron chi connectivity index (χ0n) is 13.2. The van der Waals surface area contributed by atoms with Crippen LogP contribution in [0, 0.1) is 5.92 Å². The van der Waals surface area contributed by atoms with E-state index in [0.29, 0.717) is 0 Å². The number of rotatable bonds is 3. The molecule has 0 amide bonds. The van der Waals surface area contributed by atoms with Crippen LogP contribution in [0.2, 0.25) is 0 Å². The van der Waals surface area contributed by atoms with Crippen LogP contribution in [0.4, 0.5) is 5.69 Å². The summed E-state index contributed by atoms with van der Waals surface area (Å²) in [6.45, 7) is 8.47. The highest BCUT2D eigenvalue weighted by Gasteiger charge is 2.20. The first-order valence-electron chi connectivity index (χ1n) is 8.48. The molecule has 21 heavy (non-hydrogen) atoms. The molecule has 1 aromatic carbocycles. The van der Waals surface area contributed by atoms with Gasteiger partial charge >= 0.3 is 0 Å². The first-order chi connectivity index (χ1) is 10.2. The van der Waals surface area contributed by atoms with Crippen LogP contribution in [0.3, 0.4) is 0 Å². The summed E-state index contributed by atoms with van der Waals surface area (Å²) in [4.78, 5) is 5.24. The standard InChI is InChI=1S/C18H27BrN2/c1-15-6-5-9-20(13-15)14-16-7-8-17(19)12-18(16)21-10-3-2-4-11-21/h7-8,12,15H,2-6,9-11,13-14H2,1H3. The number of hydrogen-bond donors (Lipinski definition) is 0. The second-order valence-corrected chi connectivity index (χ2v) is 7.72. The van der Waals surface area contributed by atoms with Crippen molar-refractivity contribution < 1.29 is 0 Å². The topological polar surface area (TPSA) is 6.48 Å². The molecule has 0 saturated carbocycles. The van der Waals surface area contributed by atoms with Crippen molar-refractivity contribution in [3.63, 3.8) is 0 Å². The van der Waals surface area contributed by atoms with E-state index < -0.39 is 0 Å². The van der Waals surface area contributed by atoms with E-state index in [2.05, 4.69) is 50.9 Å². The Labute approximate surface area is 137 Å². The molecule has 3 rings (SSSR count). The Morgan fingerprint density at radius 3 is 2.67 bits per heavy atom. The highest BCUT2D eigenvalue weighted by molar-refractivity contribution is 9.10. The molecule has 2 aliphatic rings. The SMILES string of the molecule is CC1CCCN(Cc2ccc(Br)cc2N2CCCCC2)C1. The van der Waals surface area contributed by atoms with Gasteiger partial charge in [-0.1, -0.05) is 28.9 Å². The van der Waals surface area contributed by atoms with Crippen LogP contribution in [-0.2, 0) is 6.54 Å². The van der Waals surface area contributed by atoms with E-state index in [1.54, 1.807) is 0 Å². The normalized spacial score (nSPS) is 24.3. The van der Waals surface area contributed by atoms with Gasteiger partial charge in [0, 0.05) is 36.3 Å². The lowest BCUT2D eigenvalue weighted by atomic mass is 9.99. The number of nitrogens with zero attached hydrogens (tertiary/aromatic N) is 2. The van der Waals surface area contributed by atoms with Gasteiger partial charge in [-0.2, -0.15) is 0 Å². The summed E-state index contributed by atoms with van der Waals surface area (Å²) >= 11 is 3.66. The average Bonchev–Trinajstić information content (AvgIpc) is 2.50. The Balaban J connectivity index is 1.77. The maximum absolute atomic E-state index is 3.66. The molecule has 1 unspecified atom stereocenters. The van der Waals surface area contributed by atoms with Crippen LogP contribution in [-0.4, -0.2) is 31.1 Å². The lowest BCUT2D eigenvalue weighted by Crippen LogP contribution is -2.35. The van der Waals surface area contributed by atoms with Crippen LogP contribution in [0.25, 0.3) is 0 Å². The van der Waals surface area contributed by atoms with Gasteiger partial charge in [-0.05, 0) is 62.3 Å². The third-order valence-corrected chi connectivity index (χ3v) is 5.37. The Hall–Kier alpha value is -0.540. The van der Waals surface area contributed by atoms with Crippen molar-refractivity contribution in [1.82, 2.24) is 4.90 Å². The molecule has 2 fully saturated rings. The van der Waals surface area contributed by atoms with Gasteiger partial charge in [0.05, 0.1) is 0 Å². The van der Waals surface area contributed by atoms with Crippen LogP contribution in [0.15, 0.2) is 22.7 Å². The molecule has 0 bridgehead atoms. The van der Waals surface area contributed by atoms with E-state index in [4.69, 9.17) is 0 Å². The fourth-order valence-electron chi connectivity index (χ4n) is 3.77. The van der Waals surface area contributed by atoms with Crippen LogP contribution >= 0.6 is 15.9 Å². The van der Waals surface area contributed by atoms with Crippen LogP contribution in [0.1, 0.15) is 44.6 Å². The molecule has 2 nitrogen and oxygen atoms in total. The molecule has 1 aromatic rings. The minimum atomic E-state index is 0.854. The monoisotopic (exact) mass is 350 g/mol. The Kier molecular flexibility index (Phi) is 5.23. The van der Waals surface area contributed by atoms with Gasteiger partial charge in [-0.15, -0.1) is 0 Å². The van der Waals surface area contributed by atoms with Crippen LogP contribution in [0.5, 0.6) is 0 Å². The van der Waals surface area contributed by atoms with Gasteiger partial charge in [0.15, 0.2) is 0 Å². The molecular formula is C18H27BrN2. The fourth-order valence-corrected chi connectivity index (χ4v) is 4.12. The van der Waals surface area contributed by atoms with Crippen molar-refractivity contribution in [1.29, 1.82) is 0 Å². The Bertz CT molecular complexity index is 468. The molecule has 2 aliphatic heterocycles. The Morgan fingerprint density at radius 1 is 1.10 bits per heavy atom. The van der Waals surface area contributed by atoms with Gasteiger partial charge < -0.3 is 4.90 Å². The highest BCUT2D eigenvalue weighted by Crippen LogP contribution is 2.29. The minimum absolute atomic E-state index is 0.854. The zero-order valence-corrected chi connectivity index (χ0v) is 14.7. The average molecular weight is 351 g/mol. The summed E-state index contributed by atoms with van der Waals surface area (Å²) in [6.07, 6.45) is 6.83. The molecule has 0 spiro atoms. The maximum atomic E-state index is 3.66. The molecule has 2 saturated heterocycles. The third kappa shape index (κ3) is 4.01. The zero-order chi connectivity index (χ0) is 14.7. The van der Waals surface area contributed by atoms with Crippen molar-refractivity contribution in [2.45, 2.75) is 45.6 Å². The summed E-state index contributed by atoms with van der Waals surface area (Å²) < 4.78 is 1.21. The number of piperidine rings is 2. The lowest BCUT2D eigenvalue weighted by molar-refractivity contribution is 0.176. The van der Waals surface area contributed by atoms with Gasteiger partial charge in [0.1, 0.15) is 0 Å². The predicted octanol–water partition coefficient (Wildman–Crippen LogP) is 4.67. The van der Waals surface area contributed by atoms with E-state index >= 15 is 0 Å². The summed E-state index contributed by atoms with van der Waals surface area (Å²) in [6, 6.07) is 6.86. The van der Waals surface area contributed by atoms with Gasteiger partial charge in [0.25, 0.3) is 0 Å². The summed E-state index contributed by atoms with van der Waals surface area (Å²) in [5.74, 6) is 0.854. The van der Waals surface area contributed by atoms with Crippen molar-refractivity contribution in [2.75, 3.05) is 31.1 Å². The minimum Gasteiger partial charge on any atom is -0.371 e. The number of benzene rings is 1. The van der Waals surface area contributed by atoms with Crippen LogP contribution < -0.4 is 4.90 Å². The Morgan fingerprint density at radius 2 is 1.90 bits per heavy atom. The summed E-state index contributed by atoms with van der Waals surface area (Å²) in [7, 11) is 0. The van der Waals surface area contributed by atoms with E-state index in [-0.39, 0.29) is 0 Å². The maximum Gasteiger partial charge on any atom is 0.0423 e. The molecule has 0 N–H and O–H groups in total. The number of hydrogen-bond acceptors (Lipinski definition) is 2. The van der Waals surface area contributed by atoms with Crippen molar-refractivity contribution in [2.24, 2.45) is 5.92 Å². The van der Waals surface area contributed by atoms with Gasteiger partial charge in [-0.3, -0.25) is 4.90 Å². The first kappa shape index (κ1) is 15.4.